The number of hydrogen-bond acceptors (Lipinski definition) is 6. The Morgan fingerprint density at radius 2 is 1.88 bits per heavy atom. The summed E-state index contributed by atoms with van der Waals surface area (Å²) in [5.74, 6) is 0. The molecule has 0 amide bonds. The Labute approximate surface area is 101 Å². The van der Waals surface area contributed by atoms with Gasteiger partial charge in [0, 0.05) is 17.2 Å². The summed E-state index contributed by atoms with van der Waals surface area (Å²) in [6.07, 6.45) is 0. The van der Waals surface area contributed by atoms with E-state index in [1.807, 2.05) is 0 Å². The minimum absolute atomic E-state index is 0.0192. The Balaban J connectivity index is 3.54. The molecule has 0 bridgehead atoms. The molecule has 0 fully saturated rings. The molecule has 0 unspecified atom stereocenters. The van der Waals surface area contributed by atoms with Crippen molar-refractivity contribution >= 4 is 28.6 Å². The van der Waals surface area contributed by atoms with Gasteiger partial charge in [0.25, 0.3) is 11.4 Å². The lowest BCUT2D eigenvalue weighted by Crippen LogP contribution is -2.06. The lowest BCUT2D eigenvalue weighted by atomic mass is 10.1. The van der Waals surface area contributed by atoms with Crippen molar-refractivity contribution in [1.82, 2.24) is 0 Å². The van der Waals surface area contributed by atoms with Gasteiger partial charge in [0.2, 0.25) is 0 Å². The summed E-state index contributed by atoms with van der Waals surface area (Å²) in [5, 5.41) is 21.4. The summed E-state index contributed by atoms with van der Waals surface area (Å²) < 4.78 is 4.77. The fourth-order valence-electron chi connectivity index (χ4n) is 1.30. The maximum Gasteiger partial charge on any atom is 0.279 e. The van der Waals surface area contributed by atoms with Crippen LogP contribution in [0.25, 0.3) is 0 Å². The maximum atomic E-state index is 10.8. The molecule has 0 aliphatic heterocycles. The highest BCUT2D eigenvalue weighted by Crippen LogP contribution is 2.28. The van der Waals surface area contributed by atoms with E-state index in [2.05, 4.69) is 0 Å². The Hall–Kier alpha value is -2.09. The molecule has 0 atom stereocenters. The third kappa shape index (κ3) is 2.53. The number of hydrogen-bond donors (Lipinski definition) is 0. The molecule has 0 saturated carbocycles. The first-order valence-electron chi connectivity index (χ1n) is 4.40. The van der Waals surface area contributed by atoms with Crippen molar-refractivity contribution in [3.05, 3.63) is 43.5 Å². The van der Waals surface area contributed by atoms with Gasteiger partial charge in [0.1, 0.15) is 0 Å². The monoisotopic (exact) mass is 256 g/mol. The molecule has 0 aliphatic rings. The summed E-state index contributed by atoms with van der Waals surface area (Å²) in [6.45, 7) is 1.46. The normalized spacial score (nSPS) is 9.76. The summed E-state index contributed by atoms with van der Waals surface area (Å²) in [6, 6.07) is 2.06. The van der Waals surface area contributed by atoms with Crippen LogP contribution in [0.5, 0.6) is 0 Å². The number of nitrogens with zero attached hydrogens (tertiary/aromatic N) is 2. The van der Waals surface area contributed by atoms with E-state index in [-0.39, 0.29) is 21.9 Å². The van der Waals surface area contributed by atoms with E-state index in [1.54, 1.807) is 0 Å². The number of rotatable bonds is 3. The molecule has 0 radical (unpaired) electrons. The predicted molar refractivity (Wildman–Crippen MR) is 63.2 cm³/mol. The van der Waals surface area contributed by atoms with Crippen LogP contribution in [-0.4, -0.2) is 22.0 Å². The Bertz CT molecular complexity index is 514. The van der Waals surface area contributed by atoms with Crippen LogP contribution in [0.3, 0.4) is 0 Å². The van der Waals surface area contributed by atoms with Gasteiger partial charge < -0.3 is 4.74 Å². The second-order valence-electron chi connectivity index (χ2n) is 3.14. The standard InChI is InChI=1S/C9H8N2O5S/c1-5-7(9(17)16-2)3-6(10(12)13)4-8(5)11(14)15/h3-4H,1-2H3. The molecular weight excluding hydrogens is 248 g/mol. The molecule has 1 aromatic rings. The Morgan fingerprint density at radius 1 is 1.29 bits per heavy atom. The first-order valence-corrected chi connectivity index (χ1v) is 4.81. The highest BCUT2D eigenvalue weighted by Gasteiger charge is 2.23. The van der Waals surface area contributed by atoms with Crippen molar-refractivity contribution in [2.45, 2.75) is 6.92 Å². The van der Waals surface area contributed by atoms with Crippen molar-refractivity contribution in [2.75, 3.05) is 7.11 Å². The molecule has 1 rings (SSSR count). The lowest BCUT2D eigenvalue weighted by Gasteiger charge is -2.06. The first-order chi connectivity index (χ1) is 7.88. The van der Waals surface area contributed by atoms with Crippen LogP contribution >= 0.6 is 12.2 Å². The van der Waals surface area contributed by atoms with E-state index < -0.39 is 15.5 Å². The van der Waals surface area contributed by atoms with E-state index in [1.165, 1.54) is 14.0 Å². The molecule has 8 heteroatoms. The Morgan fingerprint density at radius 3 is 2.29 bits per heavy atom. The van der Waals surface area contributed by atoms with Gasteiger partial charge in [-0.2, -0.15) is 0 Å². The van der Waals surface area contributed by atoms with Gasteiger partial charge in [-0.3, -0.25) is 20.2 Å². The first kappa shape index (κ1) is 13.0. The van der Waals surface area contributed by atoms with Crippen LogP contribution in [0, 0.1) is 27.2 Å². The molecule has 0 saturated heterocycles. The summed E-state index contributed by atoms with van der Waals surface area (Å²) in [4.78, 5) is 20.0. The molecule has 90 valence electrons. The second-order valence-corrected chi connectivity index (χ2v) is 3.51. The molecule has 17 heavy (non-hydrogen) atoms. The third-order valence-electron chi connectivity index (χ3n) is 2.18. The minimum atomic E-state index is -0.714. The molecule has 0 heterocycles. The number of benzene rings is 1. The van der Waals surface area contributed by atoms with Gasteiger partial charge >= 0.3 is 0 Å². The number of ether oxygens (including phenoxy) is 1. The predicted octanol–water partition coefficient (Wildman–Crippen LogP) is 2.13. The average molecular weight is 256 g/mol. The largest absolute Gasteiger partial charge is 0.486 e. The number of methoxy groups -OCH3 is 1. The van der Waals surface area contributed by atoms with E-state index in [0.29, 0.717) is 0 Å². The van der Waals surface area contributed by atoms with Crippen molar-refractivity contribution in [3.63, 3.8) is 0 Å². The van der Waals surface area contributed by atoms with Crippen molar-refractivity contribution in [2.24, 2.45) is 0 Å². The summed E-state index contributed by atoms with van der Waals surface area (Å²) in [7, 11) is 1.30. The van der Waals surface area contributed by atoms with Crippen LogP contribution in [0.4, 0.5) is 11.4 Å². The highest BCUT2D eigenvalue weighted by molar-refractivity contribution is 7.80. The fraction of sp³-hybridized carbons (Fsp3) is 0.222. The molecule has 0 spiro atoms. The molecule has 1 aromatic carbocycles. The Kier molecular flexibility index (Phi) is 3.69. The highest BCUT2D eigenvalue weighted by atomic mass is 32.1. The third-order valence-corrected chi connectivity index (χ3v) is 2.56. The lowest BCUT2D eigenvalue weighted by molar-refractivity contribution is -0.394. The number of nitro groups is 2. The van der Waals surface area contributed by atoms with Crippen LogP contribution in [0.2, 0.25) is 0 Å². The van der Waals surface area contributed by atoms with Gasteiger partial charge in [0.15, 0.2) is 5.05 Å². The number of non-ortho nitro benzene ring substituents is 1. The molecule has 0 aliphatic carbocycles. The summed E-state index contributed by atoms with van der Waals surface area (Å²) >= 11 is 4.83. The van der Waals surface area contributed by atoms with Crippen molar-refractivity contribution in [3.8, 4) is 0 Å². The maximum absolute atomic E-state index is 10.8. The quantitative estimate of drug-likeness (QED) is 0.467. The topological polar surface area (TPSA) is 95.5 Å². The van der Waals surface area contributed by atoms with E-state index in [0.717, 1.165) is 12.1 Å². The molecular formula is C9H8N2O5S. The molecule has 7 nitrogen and oxygen atoms in total. The molecule has 0 N–H and O–H groups in total. The van der Waals surface area contributed by atoms with Crippen LogP contribution < -0.4 is 0 Å². The van der Waals surface area contributed by atoms with Crippen LogP contribution in [-0.2, 0) is 4.74 Å². The summed E-state index contributed by atoms with van der Waals surface area (Å²) in [5.41, 5.74) is -0.318. The van der Waals surface area contributed by atoms with Crippen molar-refractivity contribution in [1.29, 1.82) is 0 Å². The van der Waals surface area contributed by atoms with Gasteiger partial charge in [-0.1, -0.05) is 0 Å². The molecule has 0 aromatic heterocycles. The zero-order chi connectivity index (χ0) is 13.2. The van der Waals surface area contributed by atoms with Gasteiger partial charge in [0.05, 0.1) is 23.0 Å². The van der Waals surface area contributed by atoms with Crippen LogP contribution in [0.1, 0.15) is 11.1 Å². The zero-order valence-electron chi connectivity index (χ0n) is 9.00. The van der Waals surface area contributed by atoms with E-state index in [4.69, 9.17) is 17.0 Å². The van der Waals surface area contributed by atoms with E-state index >= 15 is 0 Å². The fourth-order valence-corrected chi connectivity index (χ4v) is 1.51. The SMILES string of the molecule is COC(=S)c1cc([N+](=O)[O-])cc([N+](=O)[O-])c1C. The number of thiocarbonyl (C=S) groups is 1. The van der Waals surface area contributed by atoms with Gasteiger partial charge in [-0.05, 0) is 19.1 Å². The van der Waals surface area contributed by atoms with Crippen LogP contribution in [0.15, 0.2) is 12.1 Å². The minimum Gasteiger partial charge on any atom is -0.486 e. The average Bonchev–Trinajstić information content (AvgIpc) is 2.27. The van der Waals surface area contributed by atoms with Gasteiger partial charge in [-0.25, -0.2) is 0 Å². The number of nitro benzene ring substituents is 2. The van der Waals surface area contributed by atoms with E-state index in [9.17, 15) is 20.2 Å². The second kappa shape index (κ2) is 4.83. The van der Waals surface area contributed by atoms with Crippen molar-refractivity contribution < 1.29 is 14.6 Å². The van der Waals surface area contributed by atoms with Gasteiger partial charge in [-0.15, -0.1) is 0 Å². The zero-order valence-corrected chi connectivity index (χ0v) is 9.82. The smallest absolute Gasteiger partial charge is 0.279 e.